The predicted octanol–water partition coefficient (Wildman–Crippen LogP) is 4.62. The fraction of sp³-hybridized carbons (Fsp3) is 0.346. The third-order valence-corrected chi connectivity index (χ3v) is 5.65. The average Bonchev–Trinajstić information content (AvgIpc) is 2.76. The number of fused-ring (bicyclic) bond motifs is 1. The van der Waals surface area contributed by atoms with Crippen LogP contribution in [0.3, 0.4) is 0 Å². The second-order valence-corrected chi connectivity index (χ2v) is 9.28. The molecule has 1 aromatic heterocycles. The molecule has 0 bridgehead atoms. The summed E-state index contributed by atoms with van der Waals surface area (Å²) in [6.45, 7) is 7.87. The van der Waals surface area contributed by atoms with Gasteiger partial charge in [-0.15, -0.1) is 0 Å². The first-order valence-electron chi connectivity index (χ1n) is 11.0. The highest BCUT2D eigenvalue weighted by Gasteiger charge is 2.30. The van der Waals surface area contributed by atoms with Gasteiger partial charge >= 0.3 is 6.09 Å². The topological polar surface area (TPSA) is 64.4 Å². The summed E-state index contributed by atoms with van der Waals surface area (Å²) in [6, 6.07) is 15.4. The van der Waals surface area contributed by atoms with Crippen LogP contribution in [0.25, 0.3) is 0 Å². The molecule has 1 aliphatic heterocycles. The summed E-state index contributed by atoms with van der Waals surface area (Å²) in [7, 11) is 0. The highest BCUT2D eigenvalue weighted by molar-refractivity contribution is 5.68. The van der Waals surface area contributed by atoms with Gasteiger partial charge in [0, 0.05) is 12.1 Å². The monoisotopic (exact) mass is 449 g/mol. The lowest BCUT2D eigenvalue weighted by Gasteiger charge is -2.32. The summed E-state index contributed by atoms with van der Waals surface area (Å²) >= 11 is 0. The van der Waals surface area contributed by atoms with Crippen molar-refractivity contribution in [2.24, 2.45) is 0 Å². The van der Waals surface area contributed by atoms with E-state index in [1.54, 1.807) is 28.5 Å². The van der Waals surface area contributed by atoms with E-state index >= 15 is 0 Å². The SMILES string of the molecule is Cc1nc2c(c(=O)n1C(c1ccccc1)c1ccc(F)cc1)CCN(C(=O)OC(C)(C)C)C2. The smallest absolute Gasteiger partial charge is 0.410 e. The van der Waals surface area contributed by atoms with Crippen LogP contribution in [0.1, 0.15) is 55.0 Å². The van der Waals surface area contributed by atoms with Crippen LogP contribution >= 0.6 is 0 Å². The second-order valence-electron chi connectivity index (χ2n) is 9.28. The fourth-order valence-corrected chi connectivity index (χ4v) is 4.18. The number of aromatic nitrogens is 2. The Kier molecular flexibility index (Phi) is 6.06. The molecule has 2 heterocycles. The van der Waals surface area contributed by atoms with Gasteiger partial charge in [-0.1, -0.05) is 42.5 Å². The third kappa shape index (κ3) is 4.82. The Labute approximate surface area is 192 Å². The van der Waals surface area contributed by atoms with Gasteiger partial charge in [-0.25, -0.2) is 14.2 Å². The second kappa shape index (κ2) is 8.81. The minimum absolute atomic E-state index is 0.139. The van der Waals surface area contributed by atoms with E-state index in [9.17, 15) is 14.0 Å². The molecule has 172 valence electrons. The molecular weight excluding hydrogens is 421 g/mol. The zero-order valence-corrected chi connectivity index (χ0v) is 19.3. The molecule has 0 spiro atoms. The van der Waals surface area contributed by atoms with Gasteiger partial charge in [0.1, 0.15) is 17.2 Å². The van der Waals surface area contributed by atoms with Crippen molar-refractivity contribution in [2.75, 3.05) is 6.54 Å². The Morgan fingerprint density at radius 3 is 2.33 bits per heavy atom. The van der Waals surface area contributed by atoms with Gasteiger partial charge in [-0.3, -0.25) is 9.36 Å². The summed E-state index contributed by atoms with van der Waals surface area (Å²) in [5.74, 6) is 0.198. The molecule has 0 N–H and O–H groups in total. The molecule has 7 heteroatoms. The number of nitrogens with zero attached hydrogens (tertiary/aromatic N) is 3. The number of carbonyl (C=O) groups is 1. The number of carbonyl (C=O) groups excluding carboxylic acids is 1. The Morgan fingerprint density at radius 1 is 1.06 bits per heavy atom. The summed E-state index contributed by atoms with van der Waals surface area (Å²) in [6.07, 6.45) is -0.0173. The van der Waals surface area contributed by atoms with Gasteiger partial charge in [0.2, 0.25) is 0 Å². The van der Waals surface area contributed by atoms with Crippen LogP contribution < -0.4 is 5.56 Å². The average molecular weight is 450 g/mol. The maximum atomic E-state index is 13.7. The molecule has 1 unspecified atom stereocenters. The van der Waals surface area contributed by atoms with Crippen molar-refractivity contribution in [3.8, 4) is 0 Å². The van der Waals surface area contributed by atoms with Crippen molar-refractivity contribution in [1.82, 2.24) is 14.5 Å². The first kappa shape index (κ1) is 22.7. The Balaban J connectivity index is 1.76. The quantitative estimate of drug-likeness (QED) is 0.585. The van der Waals surface area contributed by atoms with Crippen molar-refractivity contribution < 1.29 is 13.9 Å². The highest BCUT2D eigenvalue weighted by Crippen LogP contribution is 2.28. The van der Waals surface area contributed by atoms with Crippen molar-refractivity contribution in [3.05, 3.63) is 99.0 Å². The zero-order valence-electron chi connectivity index (χ0n) is 19.3. The van der Waals surface area contributed by atoms with Crippen LogP contribution in [0, 0.1) is 12.7 Å². The lowest BCUT2D eigenvalue weighted by molar-refractivity contribution is 0.0219. The Hall–Kier alpha value is -3.48. The molecule has 0 fully saturated rings. The van der Waals surface area contributed by atoms with Crippen LogP contribution in [0.2, 0.25) is 0 Å². The fourth-order valence-electron chi connectivity index (χ4n) is 4.18. The summed E-state index contributed by atoms with van der Waals surface area (Å²) in [5.41, 5.74) is 2.16. The van der Waals surface area contributed by atoms with Crippen LogP contribution in [-0.2, 0) is 17.7 Å². The van der Waals surface area contributed by atoms with Gasteiger partial charge in [0.05, 0.1) is 18.3 Å². The molecule has 33 heavy (non-hydrogen) atoms. The molecule has 1 aliphatic rings. The number of ether oxygens (including phenoxy) is 1. The molecule has 0 saturated heterocycles. The van der Waals surface area contributed by atoms with E-state index in [0.29, 0.717) is 30.0 Å². The number of amides is 1. The van der Waals surface area contributed by atoms with E-state index in [1.807, 2.05) is 51.1 Å². The van der Waals surface area contributed by atoms with E-state index in [4.69, 9.17) is 9.72 Å². The van der Waals surface area contributed by atoms with Gasteiger partial charge in [0.15, 0.2) is 0 Å². The molecule has 0 aliphatic carbocycles. The molecule has 4 rings (SSSR count). The van der Waals surface area contributed by atoms with Crippen molar-refractivity contribution >= 4 is 6.09 Å². The van der Waals surface area contributed by atoms with Crippen LogP contribution in [-0.4, -0.2) is 32.7 Å². The first-order valence-corrected chi connectivity index (χ1v) is 11.0. The molecule has 6 nitrogen and oxygen atoms in total. The highest BCUT2D eigenvalue weighted by atomic mass is 19.1. The van der Waals surface area contributed by atoms with E-state index in [-0.39, 0.29) is 17.9 Å². The molecule has 0 saturated carbocycles. The largest absolute Gasteiger partial charge is 0.444 e. The Morgan fingerprint density at radius 2 is 1.70 bits per heavy atom. The maximum Gasteiger partial charge on any atom is 0.410 e. The molecule has 3 aromatic rings. The number of hydrogen-bond acceptors (Lipinski definition) is 4. The normalized spacial score (nSPS) is 14.5. The minimum atomic E-state index is -0.595. The van der Waals surface area contributed by atoms with Gasteiger partial charge < -0.3 is 9.64 Å². The zero-order chi connectivity index (χ0) is 23.8. The Bertz CT molecular complexity index is 1210. The number of halogens is 1. The van der Waals surface area contributed by atoms with E-state index < -0.39 is 17.7 Å². The summed E-state index contributed by atoms with van der Waals surface area (Å²) in [4.78, 5) is 32.6. The molecule has 2 aromatic carbocycles. The van der Waals surface area contributed by atoms with E-state index in [0.717, 1.165) is 11.1 Å². The van der Waals surface area contributed by atoms with E-state index in [1.165, 1.54) is 12.1 Å². The number of hydrogen-bond donors (Lipinski definition) is 0. The van der Waals surface area contributed by atoms with Crippen LogP contribution in [0.4, 0.5) is 9.18 Å². The molecule has 1 atom stereocenters. The first-order chi connectivity index (χ1) is 15.6. The van der Waals surface area contributed by atoms with Crippen LogP contribution in [0.5, 0.6) is 0 Å². The summed E-state index contributed by atoms with van der Waals surface area (Å²) < 4.78 is 20.8. The maximum absolute atomic E-state index is 13.7. The number of rotatable bonds is 3. The molecule has 0 radical (unpaired) electrons. The van der Waals surface area contributed by atoms with Gasteiger partial charge in [-0.2, -0.15) is 0 Å². The summed E-state index contributed by atoms with van der Waals surface area (Å²) in [5, 5.41) is 0. The molecule has 1 amide bonds. The minimum Gasteiger partial charge on any atom is -0.444 e. The van der Waals surface area contributed by atoms with Gasteiger partial charge in [0.25, 0.3) is 5.56 Å². The van der Waals surface area contributed by atoms with Crippen molar-refractivity contribution in [3.63, 3.8) is 0 Å². The van der Waals surface area contributed by atoms with Crippen molar-refractivity contribution in [1.29, 1.82) is 0 Å². The van der Waals surface area contributed by atoms with Gasteiger partial charge in [-0.05, 0) is 57.4 Å². The lowest BCUT2D eigenvalue weighted by Crippen LogP contribution is -2.43. The molecular formula is C26H28FN3O3. The van der Waals surface area contributed by atoms with Crippen LogP contribution in [0.15, 0.2) is 59.4 Å². The number of aryl methyl sites for hydroxylation is 1. The number of benzene rings is 2. The van der Waals surface area contributed by atoms with Crippen molar-refractivity contribution in [2.45, 2.75) is 52.3 Å². The standard InChI is InChI=1S/C26H28FN3O3/c1-17-28-22-16-29(25(32)33-26(2,3)4)15-14-21(22)24(31)30(17)23(18-8-6-5-7-9-18)19-10-12-20(27)13-11-19/h5-13,23H,14-16H2,1-4H3. The van der Waals surface area contributed by atoms with E-state index in [2.05, 4.69) is 0 Å². The lowest BCUT2D eigenvalue weighted by atomic mass is 9.97. The third-order valence-electron chi connectivity index (χ3n) is 5.65. The predicted molar refractivity (Wildman–Crippen MR) is 124 cm³/mol.